The molecule has 1 nitrogen and oxygen atoms in total. The van der Waals surface area contributed by atoms with Gasteiger partial charge in [0.2, 0.25) is 0 Å². The topological polar surface area (TPSA) is 20.2 Å². The molecule has 1 N–H and O–H groups in total. The summed E-state index contributed by atoms with van der Waals surface area (Å²) in [5, 5.41) is 10.0. The van der Waals surface area contributed by atoms with Crippen molar-refractivity contribution in [3.63, 3.8) is 0 Å². The van der Waals surface area contributed by atoms with Gasteiger partial charge in [-0.05, 0) is 41.4 Å². The van der Waals surface area contributed by atoms with Crippen LogP contribution in [0, 0.1) is 0 Å². The smallest absolute Gasteiger partial charge is 0.119 e. The molecule has 1 atom stereocenters. The molecular formula is C18H30O. The van der Waals surface area contributed by atoms with Crippen LogP contribution in [0.5, 0.6) is 5.75 Å². The van der Waals surface area contributed by atoms with Gasteiger partial charge >= 0.3 is 0 Å². The van der Waals surface area contributed by atoms with E-state index in [1.807, 2.05) is 6.07 Å². The Morgan fingerprint density at radius 3 is 2.42 bits per heavy atom. The SMILES string of the molecule is CCCCCC(C)(C)c1ccc(O)c(C(C)CC)c1. The molecule has 0 spiro atoms. The average Bonchev–Trinajstić information content (AvgIpc) is 2.38. The van der Waals surface area contributed by atoms with E-state index in [0.29, 0.717) is 11.7 Å². The molecule has 0 saturated heterocycles. The van der Waals surface area contributed by atoms with Gasteiger partial charge < -0.3 is 5.11 Å². The lowest BCUT2D eigenvalue weighted by atomic mass is 9.78. The Balaban J connectivity index is 2.93. The summed E-state index contributed by atoms with van der Waals surface area (Å²) in [5.41, 5.74) is 2.66. The zero-order valence-corrected chi connectivity index (χ0v) is 13.3. The summed E-state index contributed by atoms with van der Waals surface area (Å²) in [6.45, 7) is 11.2. The molecule has 0 aliphatic carbocycles. The molecule has 0 radical (unpaired) electrons. The van der Waals surface area contributed by atoms with E-state index in [2.05, 4.69) is 46.8 Å². The second-order valence-electron chi connectivity index (χ2n) is 6.42. The van der Waals surface area contributed by atoms with Gasteiger partial charge in [-0.15, -0.1) is 0 Å². The second-order valence-corrected chi connectivity index (χ2v) is 6.42. The van der Waals surface area contributed by atoms with E-state index in [1.54, 1.807) is 0 Å². The summed E-state index contributed by atoms with van der Waals surface area (Å²) < 4.78 is 0. The van der Waals surface area contributed by atoms with Crippen molar-refractivity contribution in [3.8, 4) is 5.75 Å². The summed E-state index contributed by atoms with van der Waals surface area (Å²) in [4.78, 5) is 0. The third-order valence-electron chi connectivity index (χ3n) is 4.36. The number of hydrogen-bond donors (Lipinski definition) is 1. The van der Waals surface area contributed by atoms with Crippen LogP contribution < -0.4 is 0 Å². The molecule has 1 unspecified atom stereocenters. The number of aromatic hydroxyl groups is 1. The van der Waals surface area contributed by atoms with E-state index in [9.17, 15) is 5.11 Å². The van der Waals surface area contributed by atoms with Crippen molar-refractivity contribution in [3.05, 3.63) is 29.3 Å². The summed E-state index contributed by atoms with van der Waals surface area (Å²) >= 11 is 0. The summed E-state index contributed by atoms with van der Waals surface area (Å²) in [6.07, 6.45) is 6.13. The highest BCUT2D eigenvalue weighted by Gasteiger charge is 2.22. The lowest BCUT2D eigenvalue weighted by Crippen LogP contribution is -2.17. The van der Waals surface area contributed by atoms with Crippen LogP contribution in [0.3, 0.4) is 0 Å². The van der Waals surface area contributed by atoms with E-state index in [4.69, 9.17) is 0 Å². The molecule has 0 fully saturated rings. The first-order chi connectivity index (χ1) is 8.92. The highest BCUT2D eigenvalue weighted by atomic mass is 16.3. The van der Waals surface area contributed by atoms with Crippen LogP contribution in [0.2, 0.25) is 0 Å². The largest absolute Gasteiger partial charge is 0.508 e. The summed E-state index contributed by atoms with van der Waals surface area (Å²) in [6, 6.07) is 6.18. The minimum atomic E-state index is 0.199. The number of unbranched alkanes of at least 4 members (excludes halogenated alkanes) is 2. The van der Waals surface area contributed by atoms with Gasteiger partial charge in [-0.2, -0.15) is 0 Å². The zero-order valence-electron chi connectivity index (χ0n) is 13.3. The highest BCUT2D eigenvalue weighted by Crippen LogP contribution is 2.35. The number of phenolic OH excluding ortho intramolecular Hbond substituents is 1. The average molecular weight is 262 g/mol. The number of phenols is 1. The Hall–Kier alpha value is -0.980. The number of hydrogen-bond acceptors (Lipinski definition) is 1. The van der Waals surface area contributed by atoms with Crippen LogP contribution in [0.1, 0.15) is 83.8 Å². The fourth-order valence-electron chi connectivity index (χ4n) is 2.55. The minimum Gasteiger partial charge on any atom is -0.508 e. The molecule has 0 aromatic heterocycles. The first kappa shape index (κ1) is 16.1. The molecule has 0 heterocycles. The molecule has 0 amide bonds. The number of benzene rings is 1. The minimum absolute atomic E-state index is 0.199. The lowest BCUT2D eigenvalue weighted by molar-refractivity contribution is 0.442. The van der Waals surface area contributed by atoms with Crippen molar-refractivity contribution in [1.29, 1.82) is 0 Å². The van der Waals surface area contributed by atoms with Crippen molar-refractivity contribution in [2.45, 2.75) is 78.1 Å². The van der Waals surface area contributed by atoms with Crippen molar-refractivity contribution in [1.82, 2.24) is 0 Å². The predicted molar refractivity (Wildman–Crippen MR) is 84.0 cm³/mol. The van der Waals surface area contributed by atoms with Crippen LogP contribution in [0.15, 0.2) is 18.2 Å². The van der Waals surface area contributed by atoms with E-state index in [1.165, 1.54) is 31.2 Å². The third-order valence-corrected chi connectivity index (χ3v) is 4.36. The fourth-order valence-corrected chi connectivity index (χ4v) is 2.55. The first-order valence-electron chi connectivity index (χ1n) is 7.75. The number of rotatable bonds is 7. The van der Waals surface area contributed by atoms with E-state index in [0.717, 1.165) is 12.0 Å². The van der Waals surface area contributed by atoms with Gasteiger partial charge in [0.25, 0.3) is 0 Å². The van der Waals surface area contributed by atoms with Gasteiger partial charge in [-0.25, -0.2) is 0 Å². The maximum Gasteiger partial charge on any atom is 0.119 e. The van der Waals surface area contributed by atoms with Gasteiger partial charge in [-0.1, -0.05) is 66.0 Å². The maximum absolute atomic E-state index is 10.0. The Bertz CT molecular complexity index is 393. The first-order valence-corrected chi connectivity index (χ1v) is 7.75. The van der Waals surface area contributed by atoms with Gasteiger partial charge in [-0.3, -0.25) is 0 Å². The molecule has 0 saturated carbocycles. The van der Waals surface area contributed by atoms with Crippen LogP contribution in [-0.2, 0) is 5.41 Å². The fraction of sp³-hybridized carbons (Fsp3) is 0.667. The lowest BCUT2D eigenvalue weighted by Gasteiger charge is -2.27. The molecule has 1 heteroatoms. The van der Waals surface area contributed by atoms with E-state index < -0.39 is 0 Å². The summed E-state index contributed by atoms with van der Waals surface area (Å²) in [7, 11) is 0. The van der Waals surface area contributed by atoms with E-state index in [-0.39, 0.29) is 5.41 Å². The molecule has 19 heavy (non-hydrogen) atoms. The predicted octanol–water partition coefficient (Wildman–Crippen LogP) is 5.76. The van der Waals surface area contributed by atoms with E-state index >= 15 is 0 Å². The molecular weight excluding hydrogens is 232 g/mol. The standard InChI is InChI=1S/C18H30O/c1-6-8-9-12-18(4,5)15-10-11-17(19)16(13-15)14(3)7-2/h10-11,13-14,19H,6-9,12H2,1-5H3. The Morgan fingerprint density at radius 1 is 1.16 bits per heavy atom. The zero-order chi connectivity index (χ0) is 14.5. The van der Waals surface area contributed by atoms with Crippen LogP contribution in [0.4, 0.5) is 0 Å². The summed E-state index contributed by atoms with van der Waals surface area (Å²) in [5.74, 6) is 0.869. The highest BCUT2D eigenvalue weighted by molar-refractivity contribution is 5.40. The van der Waals surface area contributed by atoms with Gasteiger partial charge in [0.05, 0.1) is 0 Å². The van der Waals surface area contributed by atoms with Crippen molar-refractivity contribution >= 4 is 0 Å². The normalized spacial score (nSPS) is 13.5. The van der Waals surface area contributed by atoms with Crippen LogP contribution >= 0.6 is 0 Å². The second kappa shape index (κ2) is 6.98. The molecule has 108 valence electrons. The van der Waals surface area contributed by atoms with Crippen molar-refractivity contribution in [2.75, 3.05) is 0 Å². The van der Waals surface area contributed by atoms with Crippen LogP contribution in [0.25, 0.3) is 0 Å². The van der Waals surface area contributed by atoms with Gasteiger partial charge in [0, 0.05) is 0 Å². The third kappa shape index (κ3) is 4.26. The quantitative estimate of drug-likeness (QED) is 0.619. The van der Waals surface area contributed by atoms with Crippen molar-refractivity contribution in [2.24, 2.45) is 0 Å². The van der Waals surface area contributed by atoms with Gasteiger partial charge in [0.15, 0.2) is 0 Å². The molecule has 1 aromatic rings. The Kier molecular flexibility index (Phi) is 5.90. The Labute approximate surface area is 119 Å². The van der Waals surface area contributed by atoms with Crippen molar-refractivity contribution < 1.29 is 5.11 Å². The molecule has 0 bridgehead atoms. The monoisotopic (exact) mass is 262 g/mol. The molecule has 1 rings (SSSR count). The maximum atomic E-state index is 10.0. The molecule has 0 aliphatic heterocycles. The van der Waals surface area contributed by atoms with Crippen LogP contribution in [-0.4, -0.2) is 5.11 Å². The van der Waals surface area contributed by atoms with Gasteiger partial charge in [0.1, 0.15) is 5.75 Å². The Morgan fingerprint density at radius 2 is 1.84 bits per heavy atom. The molecule has 1 aromatic carbocycles. The molecule has 0 aliphatic rings.